The SMILES string of the molecule is CCC1CC(CN2CCNCC2c2cccc(F)c2)CCO1. The molecule has 2 aliphatic rings. The van der Waals surface area contributed by atoms with Crippen LogP contribution in [0.25, 0.3) is 0 Å². The van der Waals surface area contributed by atoms with Crippen molar-refractivity contribution in [3.05, 3.63) is 35.6 Å². The zero-order chi connectivity index (χ0) is 15.4. The van der Waals surface area contributed by atoms with Crippen LogP contribution in [0.5, 0.6) is 0 Å². The van der Waals surface area contributed by atoms with E-state index in [1.807, 2.05) is 12.1 Å². The number of rotatable bonds is 4. The molecule has 1 aromatic rings. The average Bonchev–Trinajstić information content (AvgIpc) is 2.55. The monoisotopic (exact) mass is 306 g/mol. The summed E-state index contributed by atoms with van der Waals surface area (Å²) in [5.74, 6) is 0.563. The highest BCUT2D eigenvalue weighted by Crippen LogP contribution is 2.28. The van der Waals surface area contributed by atoms with Crippen LogP contribution in [0.2, 0.25) is 0 Å². The van der Waals surface area contributed by atoms with E-state index in [1.165, 1.54) is 6.07 Å². The summed E-state index contributed by atoms with van der Waals surface area (Å²) in [5.41, 5.74) is 1.09. The van der Waals surface area contributed by atoms with E-state index in [1.54, 1.807) is 6.07 Å². The lowest BCUT2D eigenvalue weighted by Gasteiger charge is -2.40. The summed E-state index contributed by atoms with van der Waals surface area (Å²) in [7, 11) is 0. The molecule has 0 spiro atoms. The molecular formula is C18H27FN2O. The van der Waals surface area contributed by atoms with Gasteiger partial charge in [0, 0.05) is 38.8 Å². The molecule has 3 atom stereocenters. The number of hydrogen-bond acceptors (Lipinski definition) is 3. The normalized spacial score (nSPS) is 30.4. The molecule has 2 saturated heterocycles. The highest BCUT2D eigenvalue weighted by molar-refractivity contribution is 5.21. The minimum atomic E-state index is -0.139. The minimum absolute atomic E-state index is 0.139. The number of nitrogens with one attached hydrogen (secondary N) is 1. The van der Waals surface area contributed by atoms with Gasteiger partial charge in [-0.2, -0.15) is 0 Å². The van der Waals surface area contributed by atoms with E-state index >= 15 is 0 Å². The van der Waals surface area contributed by atoms with Crippen molar-refractivity contribution < 1.29 is 9.13 Å². The third kappa shape index (κ3) is 3.86. The fraction of sp³-hybridized carbons (Fsp3) is 0.667. The fourth-order valence-electron chi connectivity index (χ4n) is 3.75. The van der Waals surface area contributed by atoms with E-state index < -0.39 is 0 Å². The molecule has 2 heterocycles. The minimum Gasteiger partial charge on any atom is -0.378 e. The molecule has 1 N–H and O–H groups in total. The largest absolute Gasteiger partial charge is 0.378 e. The quantitative estimate of drug-likeness (QED) is 0.925. The van der Waals surface area contributed by atoms with E-state index in [0.29, 0.717) is 12.0 Å². The summed E-state index contributed by atoms with van der Waals surface area (Å²) in [4.78, 5) is 2.54. The molecule has 3 unspecified atom stereocenters. The second-order valence-electron chi connectivity index (χ2n) is 6.56. The summed E-state index contributed by atoms with van der Waals surface area (Å²) in [5, 5.41) is 3.45. The second kappa shape index (κ2) is 7.53. The molecular weight excluding hydrogens is 279 g/mol. The van der Waals surface area contributed by atoms with Gasteiger partial charge in [-0.15, -0.1) is 0 Å². The standard InChI is InChI=1S/C18H27FN2O/c1-2-17-10-14(6-9-22-17)13-21-8-7-20-12-18(21)15-4-3-5-16(19)11-15/h3-5,11,14,17-18,20H,2,6-10,12-13H2,1H3. The maximum absolute atomic E-state index is 13.5. The number of piperazine rings is 1. The Labute approximate surface area is 132 Å². The van der Waals surface area contributed by atoms with E-state index in [-0.39, 0.29) is 11.9 Å². The Bertz CT molecular complexity index is 482. The summed E-state index contributed by atoms with van der Waals surface area (Å²) in [6, 6.07) is 7.36. The Morgan fingerprint density at radius 1 is 1.41 bits per heavy atom. The van der Waals surface area contributed by atoms with E-state index in [0.717, 1.165) is 57.6 Å². The van der Waals surface area contributed by atoms with Crippen molar-refractivity contribution in [2.24, 2.45) is 5.92 Å². The average molecular weight is 306 g/mol. The van der Waals surface area contributed by atoms with E-state index in [9.17, 15) is 4.39 Å². The van der Waals surface area contributed by atoms with Gasteiger partial charge in [-0.25, -0.2) is 4.39 Å². The van der Waals surface area contributed by atoms with Gasteiger partial charge >= 0.3 is 0 Å². The van der Waals surface area contributed by atoms with Gasteiger partial charge in [0.1, 0.15) is 5.82 Å². The summed E-state index contributed by atoms with van der Waals surface area (Å²) >= 11 is 0. The van der Waals surface area contributed by atoms with Gasteiger partial charge in [0.2, 0.25) is 0 Å². The summed E-state index contributed by atoms with van der Waals surface area (Å²) in [6.45, 7) is 7.15. The van der Waals surface area contributed by atoms with Gasteiger partial charge in [0.25, 0.3) is 0 Å². The highest BCUT2D eigenvalue weighted by atomic mass is 19.1. The first-order chi connectivity index (χ1) is 10.8. The molecule has 4 heteroatoms. The molecule has 0 saturated carbocycles. The lowest BCUT2D eigenvalue weighted by Crippen LogP contribution is -2.48. The van der Waals surface area contributed by atoms with E-state index in [2.05, 4.69) is 17.1 Å². The van der Waals surface area contributed by atoms with Crippen LogP contribution in [0.4, 0.5) is 4.39 Å². The van der Waals surface area contributed by atoms with Crippen molar-refractivity contribution >= 4 is 0 Å². The molecule has 22 heavy (non-hydrogen) atoms. The van der Waals surface area contributed by atoms with Crippen molar-refractivity contribution in [2.75, 3.05) is 32.8 Å². The fourth-order valence-corrected chi connectivity index (χ4v) is 3.75. The second-order valence-corrected chi connectivity index (χ2v) is 6.56. The highest BCUT2D eigenvalue weighted by Gasteiger charge is 2.29. The van der Waals surface area contributed by atoms with Crippen molar-refractivity contribution in [1.29, 1.82) is 0 Å². The first-order valence-corrected chi connectivity index (χ1v) is 8.58. The van der Waals surface area contributed by atoms with Crippen LogP contribution >= 0.6 is 0 Å². The third-order valence-corrected chi connectivity index (χ3v) is 5.01. The summed E-state index contributed by atoms with van der Waals surface area (Å²) < 4.78 is 19.3. The molecule has 1 aromatic carbocycles. The Hall–Kier alpha value is -0.970. The predicted octanol–water partition coefficient (Wildman–Crippen LogP) is 2.98. The molecule has 3 nitrogen and oxygen atoms in total. The molecule has 122 valence electrons. The molecule has 2 fully saturated rings. The molecule has 3 rings (SSSR count). The van der Waals surface area contributed by atoms with Gasteiger partial charge < -0.3 is 10.1 Å². The van der Waals surface area contributed by atoms with Gasteiger partial charge in [0.15, 0.2) is 0 Å². The number of halogens is 1. The van der Waals surface area contributed by atoms with Crippen molar-refractivity contribution in [2.45, 2.75) is 38.3 Å². The van der Waals surface area contributed by atoms with Crippen molar-refractivity contribution in [3.8, 4) is 0 Å². The molecule has 0 radical (unpaired) electrons. The maximum atomic E-state index is 13.5. The van der Waals surface area contributed by atoms with Crippen LogP contribution in [-0.4, -0.2) is 43.8 Å². The summed E-state index contributed by atoms with van der Waals surface area (Å²) in [6.07, 6.45) is 3.84. The predicted molar refractivity (Wildman–Crippen MR) is 86.3 cm³/mol. The van der Waals surface area contributed by atoms with Gasteiger partial charge in [-0.3, -0.25) is 4.90 Å². The van der Waals surface area contributed by atoms with Crippen molar-refractivity contribution in [3.63, 3.8) is 0 Å². The molecule has 0 bridgehead atoms. The van der Waals surface area contributed by atoms with Gasteiger partial charge in [-0.1, -0.05) is 19.1 Å². The Kier molecular flexibility index (Phi) is 5.45. The van der Waals surface area contributed by atoms with Crippen LogP contribution in [0.15, 0.2) is 24.3 Å². The molecule has 0 aliphatic carbocycles. The number of ether oxygens (including phenoxy) is 1. The maximum Gasteiger partial charge on any atom is 0.123 e. The lowest BCUT2D eigenvalue weighted by molar-refractivity contribution is -0.0223. The van der Waals surface area contributed by atoms with Crippen LogP contribution in [0.3, 0.4) is 0 Å². The number of hydrogen-bond donors (Lipinski definition) is 1. The zero-order valence-electron chi connectivity index (χ0n) is 13.4. The van der Waals surface area contributed by atoms with Crippen LogP contribution < -0.4 is 5.32 Å². The lowest BCUT2D eigenvalue weighted by atomic mass is 9.92. The third-order valence-electron chi connectivity index (χ3n) is 5.01. The first-order valence-electron chi connectivity index (χ1n) is 8.58. The van der Waals surface area contributed by atoms with Crippen molar-refractivity contribution in [1.82, 2.24) is 10.2 Å². The zero-order valence-corrected chi connectivity index (χ0v) is 13.4. The first kappa shape index (κ1) is 15.9. The molecule has 0 aromatic heterocycles. The van der Waals surface area contributed by atoms with Crippen LogP contribution in [0, 0.1) is 11.7 Å². The van der Waals surface area contributed by atoms with Gasteiger partial charge in [0.05, 0.1) is 6.10 Å². The topological polar surface area (TPSA) is 24.5 Å². The number of nitrogens with zero attached hydrogens (tertiary/aromatic N) is 1. The van der Waals surface area contributed by atoms with Gasteiger partial charge in [-0.05, 0) is 42.9 Å². The molecule has 2 aliphatic heterocycles. The number of benzene rings is 1. The Morgan fingerprint density at radius 3 is 3.14 bits per heavy atom. The molecule has 0 amide bonds. The Morgan fingerprint density at radius 2 is 2.32 bits per heavy atom. The van der Waals surface area contributed by atoms with E-state index in [4.69, 9.17) is 4.74 Å². The van der Waals surface area contributed by atoms with Crippen LogP contribution in [0.1, 0.15) is 37.8 Å². The Balaban J connectivity index is 1.67. The smallest absolute Gasteiger partial charge is 0.123 e. The van der Waals surface area contributed by atoms with Crippen LogP contribution in [-0.2, 0) is 4.74 Å².